The summed E-state index contributed by atoms with van der Waals surface area (Å²) in [7, 11) is 0. The summed E-state index contributed by atoms with van der Waals surface area (Å²) < 4.78 is 13.7. The monoisotopic (exact) mass is 247 g/mol. The number of hydrogen-bond donors (Lipinski definition) is 3. The first-order valence-electron chi connectivity index (χ1n) is 3.69. The fourth-order valence-corrected chi connectivity index (χ4v) is 0.317. The van der Waals surface area contributed by atoms with Crippen LogP contribution in [-0.2, 0) is 14.1 Å². The Hall–Kier alpha value is -0.130. The van der Waals surface area contributed by atoms with Crippen LogP contribution >= 0.6 is 18.2 Å². The molecule has 14 heavy (non-hydrogen) atoms. The van der Waals surface area contributed by atoms with E-state index in [0.717, 1.165) is 0 Å². The number of rotatable bonds is 2. The van der Waals surface area contributed by atoms with Crippen LogP contribution in [0.1, 0.15) is 20.8 Å². The Morgan fingerprint density at radius 3 is 1.93 bits per heavy atom. The van der Waals surface area contributed by atoms with E-state index >= 15 is 0 Å². The molecular formula is C6H15ClNO5P. The highest BCUT2D eigenvalue weighted by Crippen LogP contribution is 2.39. The van der Waals surface area contributed by atoms with E-state index in [-0.39, 0.29) is 5.97 Å². The van der Waals surface area contributed by atoms with Crippen molar-refractivity contribution in [2.75, 3.05) is 6.61 Å². The lowest BCUT2D eigenvalue weighted by molar-refractivity contribution is -0.148. The molecule has 0 rings (SSSR count). The number of hydrogen-bond acceptors (Lipinski definition) is 4. The van der Waals surface area contributed by atoms with Crippen molar-refractivity contribution >= 4 is 24.2 Å². The Labute approximate surface area is 87.3 Å². The molecule has 0 bridgehead atoms. The lowest BCUT2D eigenvalue weighted by Crippen LogP contribution is -2.42. The third-order valence-corrected chi connectivity index (χ3v) is 0.802. The maximum absolute atomic E-state index is 10.7. The van der Waals surface area contributed by atoms with Crippen LogP contribution in [0.5, 0.6) is 0 Å². The molecule has 8 heteroatoms. The van der Waals surface area contributed by atoms with Crippen LogP contribution in [0.3, 0.4) is 0 Å². The molecule has 6 nitrogen and oxygen atoms in total. The fraction of sp³-hybridized carbons (Fsp3) is 0.833. The van der Waals surface area contributed by atoms with E-state index < -0.39 is 12.5 Å². The Kier molecular flexibility index (Phi) is 7.42. The average Bonchev–Trinajstić information content (AvgIpc) is 1.81. The highest BCUT2D eigenvalue weighted by Gasteiger charge is 2.22. The van der Waals surface area contributed by atoms with Crippen LogP contribution in [0.4, 0.5) is 0 Å². The van der Waals surface area contributed by atoms with E-state index in [9.17, 15) is 4.79 Å². The van der Waals surface area contributed by atoms with Gasteiger partial charge in [-0.1, -0.05) is 0 Å². The Morgan fingerprint density at radius 1 is 1.57 bits per heavy atom. The largest absolute Gasteiger partial charge is 0.465 e. The van der Waals surface area contributed by atoms with Gasteiger partial charge in [0.1, 0.15) is 5.54 Å². The topological polar surface area (TPSA) is 110 Å². The van der Waals surface area contributed by atoms with Gasteiger partial charge in [-0.25, -0.2) is 4.57 Å². The molecule has 0 aromatic carbocycles. The van der Waals surface area contributed by atoms with Crippen molar-refractivity contribution in [3.8, 4) is 0 Å². The second-order valence-corrected chi connectivity index (χ2v) is 5.18. The van der Waals surface area contributed by atoms with Gasteiger partial charge < -0.3 is 20.3 Å². The molecule has 0 spiro atoms. The molecule has 86 valence electrons. The van der Waals surface area contributed by atoms with Crippen molar-refractivity contribution in [1.29, 1.82) is 0 Å². The number of esters is 1. The predicted molar refractivity (Wildman–Crippen MR) is 52.8 cm³/mol. The normalized spacial score (nSPS) is 11.4. The summed E-state index contributed by atoms with van der Waals surface area (Å²) in [5.41, 5.74) is 4.54. The lowest BCUT2D eigenvalue weighted by Gasteiger charge is -2.15. The Balaban J connectivity index is 0. The number of ether oxygens (including phenoxy) is 1. The highest BCUT2D eigenvalue weighted by atomic mass is 35.7. The lowest BCUT2D eigenvalue weighted by atomic mass is 10.1. The minimum atomic E-state index is -4.17. The minimum Gasteiger partial charge on any atom is -0.465 e. The van der Waals surface area contributed by atoms with Gasteiger partial charge >= 0.3 is 12.9 Å². The molecule has 4 N–H and O–H groups in total. The fourth-order valence-electron chi connectivity index (χ4n) is 0.317. The Bertz CT molecular complexity index is 212. The molecule has 0 unspecified atom stereocenters. The average molecular weight is 248 g/mol. The summed E-state index contributed by atoms with van der Waals surface area (Å²) in [5, 5.41) is 0. The summed E-state index contributed by atoms with van der Waals surface area (Å²) in [6.45, 7) is 1.21. The summed E-state index contributed by atoms with van der Waals surface area (Å²) in [4.78, 5) is 25.5. The Morgan fingerprint density at radius 2 is 1.86 bits per heavy atom. The van der Waals surface area contributed by atoms with E-state index in [1.807, 2.05) is 0 Å². The first kappa shape index (κ1) is 16.3. The van der Waals surface area contributed by atoms with Gasteiger partial charge in [-0.15, -0.1) is 0 Å². The van der Waals surface area contributed by atoms with Crippen molar-refractivity contribution in [3.63, 3.8) is 0 Å². The number of nitrogens with two attached hydrogens (primary N) is 1. The smallest absolute Gasteiger partial charge is 0.419 e. The van der Waals surface area contributed by atoms with Gasteiger partial charge in [0, 0.05) is 11.2 Å². The van der Waals surface area contributed by atoms with Crippen LogP contribution in [0.15, 0.2) is 0 Å². The van der Waals surface area contributed by atoms with Crippen LogP contribution in [0.2, 0.25) is 0 Å². The zero-order valence-corrected chi connectivity index (χ0v) is 9.88. The maximum Gasteiger partial charge on any atom is 0.419 e. The van der Waals surface area contributed by atoms with Crippen molar-refractivity contribution in [3.05, 3.63) is 0 Å². The van der Waals surface area contributed by atoms with Crippen LogP contribution < -0.4 is 5.73 Å². The van der Waals surface area contributed by atoms with Crippen LogP contribution in [0.25, 0.3) is 0 Å². The zero-order chi connectivity index (χ0) is 12.0. The third kappa shape index (κ3) is 17.8. The van der Waals surface area contributed by atoms with E-state index in [0.29, 0.717) is 6.61 Å². The van der Waals surface area contributed by atoms with E-state index in [1.165, 1.54) is 0 Å². The highest BCUT2D eigenvalue weighted by molar-refractivity contribution is 7.79. The standard InChI is InChI=1S/C6H13NO2.ClH2O3P/c1-4-9-5(8)6(2,3)7;1-5(2,3)4/h4,7H2,1-3H3;(H2,2,3,4). The molecule has 0 amide bonds. The molecule has 0 aliphatic carbocycles. The molecule has 0 fully saturated rings. The van der Waals surface area contributed by atoms with Gasteiger partial charge in [0.15, 0.2) is 0 Å². The predicted octanol–water partition coefficient (Wildman–Crippen LogP) is 0.605. The molecule has 0 aromatic rings. The third-order valence-electron chi connectivity index (χ3n) is 0.802. The van der Waals surface area contributed by atoms with Gasteiger partial charge in [0.05, 0.1) is 6.61 Å². The van der Waals surface area contributed by atoms with E-state index in [1.54, 1.807) is 20.8 Å². The van der Waals surface area contributed by atoms with Gasteiger partial charge in [-0.3, -0.25) is 4.79 Å². The molecular weight excluding hydrogens is 232 g/mol. The van der Waals surface area contributed by atoms with E-state index in [2.05, 4.69) is 16.0 Å². The second-order valence-electron chi connectivity index (χ2n) is 2.92. The number of carbonyl (C=O) groups excluding carboxylic acids is 1. The van der Waals surface area contributed by atoms with Gasteiger partial charge in [0.2, 0.25) is 0 Å². The summed E-state index contributed by atoms with van der Waals surface area (Å²) in [6.07, 6.45) is 0. The second kappa shape index (κ2) is 6.37. The van der Waals surface area contributed by atoms with Gasteiger partial charge in [-0.05, 0) is 20.8 Å². The molecule has 0 aromatic heterocycles. The summed E-state index contributed by atoms with van der Waals surface area (Å²) in [5.74, 6) is -0.356. The maximum atomic E-state index is 10.7. The SMILES string of the molecule is CCOC(=O)C(C)(C)N.O=P(O)(O)Cl. The summed E-state index contributed by atoms with van der Waals surface area (Å²) in [6, 6.07) is 0. The van der Waals surface area contributed by atoms with Crippen LogP contribution in [-0.4, -0.2) is 27.9 Å². The van der Waals surface area contributed by atoms with Crippen molar-refractivity contribution in [1.82, 2.24) is 0 Å². The molecule has 0 atom stereocenters. The minimum absolute atomic E-state index is 0.356. The molecule has 0 radical (unpaired) electrons. The van der Waals surface area contributed by atoms with Crippen molar-refractivity contribution < 1.29 is 23.9 Å². The first-order chi connectivity index (χ1) is 5.98. The number of halogens is 1. The molecule has 0 aliphatic heterocycles. The van der Waals surface area contributed by atoms with Crippen molar-refractivity contribution in [2.24, 2.45) is 5.73 Å². The van der Waals surface area contributed by atoms with Crippen LogP contribution in [0, 0.1) is 0 Å². The first-order valence-corrected chi connectivity index (χ1v) is 6.21. The van der Waals surface area contributed by atoms with Gasteiger partial charge in [0.25, 0.3) is 0 Å². The van der Waals surface area contributed by atoms with Gasteiger partial charge in [-0.2, -0.15) is 0 Å². The number of carbonyl (C=O) groups is 1. The van der Waals surface area contributed by atoms with Crippen molar-refractivity contribution in [2.45, 2.75) is 26.3 Å². The molecule has 0 saturated carbocycles. The zero-order valence-electron chi connectivity index (χ0n) is 8.23. The molecule has 0 heterocycles. The quantitative estimate of drug-likeness (QED) is 0.487. The molecule has 0 saturated heterocycles. The van der Waals surface area contributed by atoms with E-state index in [4.69, 9.17) is 20.1 Å². The molecule has 0 aliphatic rings. The summed E-state index contributed by atoms with van der Waals surface area (Å²) >= 11 is 4.20.